The lowest BCUT2D eigenvalue weighted by molar-refractivity contribution is -0.305. The highest BCUT2D eigenvalue weighted by molar-refractivity contribution is 5.70. The predicted octanol–water partition coefficient (Wildman–Crippen LogP) is 8.65. The van der Waals surface area contributed by atoms with Gasteiger partial charge in [0.05, 0.1) is 13.2 Å². The van der Waals surface area contributed by atoms with E-state index in [2.05, 4.69) is 68.2 Å². The van der Waals surface area contributed by atoms with Crippen molar-refractivity contribution in [3.8, 4) is 0 Å². The zero-order valence-corrected chi connectivity index (χ0v) is 34.2. The van der Waals surface area contributed by atoms with Crippen LogP contribution in [-0.4, -0.2) is 89.0 Å². The van der Waals surface area contributed by atoms with Crippen molar-refractivity contribution in [2.24, 2.45) is 0 Å². The first-order valence-electron chi connectivity index (χ1n) is 21.5. The van der Waals surface area contributed by atoms with Gasteiger partial charge in [-0.2, -0.15) is 0 Å². The van der Waals surface area contributed by atoms with E-state index in [1.165, 1.54) is 51.4 Å². The Balaban J connectivity index is 2.41. The molecule has 0 amide bonds. The van der Waals surface area contributed by atoms with Gasteiger partial charge in [0.15, 0.2) is 12.4 Å². The molecule has 0 aliphatic carbocycles. The first kappa shape index (κ1) is 50.5. The standard InChI is InChI=1S/C45H76O10/c1-3-5-7-9-11-13-15-17-19-21-23-25-27-29-31-33-40(47)52-36-38(37-53-45-44(51)43(50)42(49)39(35-46)55-45)54-41(48)34-32-30-28-26-24-22-20-18-16-14-12-10-8-6-4-2/h11,13,16-17,19-20,23,25,38-39,42-46,49-51H,3-10,12,14-15,21-22,24,26-37H2,1-2H3/b13-11+,19-17+,25-23+/t18?,38-,39-,42+,43?,44?,45-/m0/s1. The first-order chi connectivity index (χ1) is 26.8. The lowest BCUT2D eigenvalue weighted by Gasteiger charge is -2.39. The van der Waals surface area contributed by atoms with E-state index >= 15 is 0 Å². The van der Waals surface area contributed by atoms with Gasteiger partial charge in [0.1, 0.15) is 31.0 Å². The van der Waals surface area contributed by atoms with Crippen LogP contribution < -0.4 is 0 Å². The maximum absolute atomic E-state index is 12.7. The number of hydrogen-bond donors (Lipinski definition) is 4. The van der Waals surface area contributed by atoms with Gasteiger partial charge in [-0.1, -0.05) is 108 Å². The Labute approximate surface area is 332 Å². The summed E-state index contributed by atoms with van der Waals surface area (Å²) in [5.74, 6) is -0.877. The van der Waals surface area contributed by atoms with Crippen molar-refractivity contribution >= 4 is 11.9 Å². The summed E-state index contributed by atoms with van der Waals surface area (Å²) in [6, 6.07) is 0. The SMILES string of the molecule is CCCCC/C=C/C/C=C/C/C=C/CCCCC(=O)OC[C@@H](CO[C@H]1O[C@@H](CO)[C@@H](O)C(O)C1O)OC(=O)CCCCCCCC=C=CCCCCCCC. The first-order valence-corrected chi connectivity index (χ1v) is 21.5. The number of rotatable bonds is 34. The van der Waals surface area contributed by atoms with Gasteiger partial charge in [-0.05, 0) is 89.2 Å². The van der Waals surface area contributed by atoms with Gasteiger partial charge in [0, 0.05) is 12.8 Å². The predicted molar refractivity (Wildman–Crippen MR) is 218 cm³/mol. The molecule has 0 radical (unpaired) electrons. The molecule has 0 aromatic carbocycles. The molecule has 1 heterocycles. The molecule has 1 saturated heterocycles. The molecule has 55 heavy (non-hydrogen) atoms. The lowest BCUT2D eigenvalue weighted by atomic mass is 9.99. The van der Waals surface area contributed by atoms with Gasteiger partial charge in [-0.15, -0.1) is 5.73 Å². The highest BCUT2D eigenvalue weighted by atomic mass is 16.7. The Morgan fingerprint density at radius 3 is 1.76 bits per heavy atom. The van der Waals surface area contributed by atoms with Crippen LogP contribution in [0.3, 0.4) is 0 Å². The van der Waals surface area contributed by atoms with Gasteiger partial charge >= 0.3 is 11.9 Å². The third-order valence-electron chi connectivity index (χ3n) is 9.46. The van der Waals surface area contributed by atoms with Gasteiger partial charge in [0.25, 0.3) is 0 Å². The molecule has 10 nitrogen and oxygen atoms in total. The fourth-order valence-corrected chi connectivity index (χ4v) is 5.99. The molecule has 1 fully saturated rings. The van der Waals surface area contributed by atoms with Crippen LogP contribution in [0.2, 0.25) is 0 Å². The minimum Gasteiger partial charge on any atom is -0.462 e. The van der Waals surface area contributed by atoms with E-state index in [1.807, 2.05) is 0 Å². The molecule has 0 spiro atoms. The summed E-state index contributed by atoms with van der Waals surface area (Å²) >= 11 is 0. The largest absolute Gasteiger partial charge is 0.462 e. The number of aliphatic hydroxyl groups excluding tert-OH is 4. The summed E-state index contributed by atoms with van der Waals surface area (Å²) in [5, 5.41) is 40.0. The lowest BCUT2D eigenvalue weighted by Crippen LogP contribution is -2.59. The number of unbranched alkanes of at least 4 members (excludes halogenated alkanes) is 15. The van der Waals surface area contributed by atoms with Crippen LogP contribution in [0.1, 0.15) is 162 Å². The van der Waals surface area contributed by atoms with Crippen LogP contribution in [0.25, 0.3) is 0 Å². The molecule has 1 rings (SSSR count). The summed E-state index contributed by atoms with van der Waals surface area (Å²) in [5.41, 5.74) is 3.29. The highest BCUT2D eigenvalue weighted by Gasteiger charge is 2.44. The highest BCUT2D eigenvalue weighted by Crippen LogP contribution is 2.22. The molecular formula is C45H76O10. The third-order valence-corrected chi connectivity index (χ3v) is 9.46. The van der Waals surface area contributed by atoms with Crippen molar-refractivity contribution in [2.45, 2.75) is 198 Å². The van der Waals surface area contributed by atoms with Crippen LogP contribution in [0, 0.1) is 0 Å². The molecule has 4 N–H and O–H groups in total. The summed E-state index contributed by atoms with van der Waals surface area (Å²) < 4.78 is 22.1. The minimum absolute atomic E-state index is 0.199. The molecule has 0 saturated carbocycles. The number of carbonyl (C=O) groups is 2. The Bertz CT molecular complexity index is 1090. The second-order valence-electron chi connectivity index (χ2n) is 14.5. The van der Waals surface area contributed by atoms with E-state index in [-0.39, 0.29) is 26.1 Å². The van der Waals surface area contributed by atoms with Gasteiger partial charge in [-0.25, -0.2) is 0 Å². The Kier molecular flexibility index (Phi) is 32.9. The van der Waals surface area contributed by atoms with E-state index in [0.29, 0.717) is 12.8 Å². The molecule has 6 atom stereocenters. The van der Waals surface area contributed by atoms with Crippen molar-refractivity contribution in [2.75, 3.05) is 19.8 Å². The maximum Gasteiger partial charge on any atom is 0.306 e. The van der Waals surface area contributed by atoms with Crippen LogP contribution in [0.5, 0.6) is 0 Å². The Hall–Kier alpha value is -2.56. The number of ether oxygens (including phenoxy) is 4. The third kappa shape index (κ3) is 27.6. The summed E-state index contributed by atoms with van der Waals surface area (Å²) in [6.07, 6.45) is 31.8. The zero-order valence-electron chi connectivity index (χ0n) is 34.2. The summed E-state index contributed by atoms with van der Waals surface area (Å²) in [7, 11) is 0. The van der Waals surface area contributed by atoms with Crippen molar-refractivity contribution < 1.29 is 49.0 Å². The van der Waals surface area contributed by atoms with Gasteiger partial charge in [-0.3, -0.25) is 9.59 Å². The van der Waals surface area contributed by atoms with Crippen molar-refractivity contribution in [1.82, 2.24) is 0 Å². The molecule has 2 unspecified atom stereocenters. The van der Waals surface area contributed by atoms with E-state index in [0.717, 1.165) is 70.6 Å². The number of esters is 2. The molecular weight excluding hydrogens is 700 g/mol. The van der Waals surface area contributed by atoms with Crippen molar-refractivity contribution in [1.29, 1.82) is 0 Å². The van der Waals surface area contributed by atoms with E-state index in [9.17, 15) is 30.0 Å². The van der Waals surface area contributed by atoms with Crippen molar-refractivity contribution in [3.05, 3.63) is 54.3 Å². The normalized spacial score (nSPS) is 20.6. The van der Waals surface area contributed by atoms with Gasteiger partial charge in [0.2, 0.25) is 0 Å². The quantitative estimate of drug-likeness (QED) is 0.0216. The molecule has 1 aliphatic rings. The Morgan fingerprint density at radius 2 is 1.13 bits per heavy atom. The fourth-order valence-electron chi connectivity index (χ4n) is 5.99. The summed E-state index contributed by atoms with van der Waals surface area (Å²) in [4.78, 5) is 25.3. The second kappa shape index (κ2) is 35.8. The molecule has 10 heteroatoms. The molecule has 0 aromatic heterocycles. The molecule has 1 aliphatic heterocycles. The number of hydrogen-bond acceptors (Lipinski definition) is 10. The van der Waals surface area contributed by atoms with E-state index in [4.69, 9.17) is 18.9 Å². The summed E-state index contributed by atoms with van der Waals surface area (Å²) in [6.45, 7) is 3.30. The fraction of sp³-hybridized carbons (Fsp3) is 0.756. The topological polar surface area (TPSA) is 152 Å². The molecule has 0 aromatic rings. The number of allylic oxidation sites excluding steroid dienone is 7. The number of aliphatic hydroxyl groups is 4. The molecule has 316 valence electrons. The average molecular weight is 777 g/mol. The Morgan fingerprint density at radius 1 is 0.618 bits per heavy atom. The van der Waals surface area contributed by atoms with E-state index < -0.39 is 55.4 Å². The second-order valence-corrected chi connectivity index (χ2v) is 14.5. The monoisotopic (exact) mass is 777 g/mol. The smallest absolute Gasteiger partial charge is 0.306 e. The van der Waals surface area contributed by atoms with Gasteiger partial charge < -0.3 is 39.4 Å². The van der Waals surface area contributed by atoms with E-state index in [1.54, 1.807) is 0 Å². The van der Waals surface area contributed by atoms with Crippen LogP contribution in [0.4, 0.5) is 0 Å². The minimum atomic E-state index is -1.61. The van der Waals surface area contributed by atoms with Crippen LogP contribution >= 0.6 is 0 Å². The molecule has 0 bridgehead atoms. The van der Waals surface area contributed by atoms with Crippen molar-refractivity contribution in [3.63, 3.8) is 0 Å². The average Bonchev–Trinajstić information content (AvgIpc) is 3.18. The van der Waals surface area contributed by atoms with Crippen LogP contribution in [-0.2, 0) is 28.5 Å². The zero-order chi connectivity index (χ0) is 40.2. The maximum atomic E-state index is 12.7. The number of carbonyl (C=O) groups excluding carboxylic acids is 2. The van der Waals surface area contributed by atoms with Crippen LogP contribution in [0.15, 0.2) is 54.3 Å².